The minimum atomic E-state index is -0.990. The Balaban J connectivity index is 2.37. The van der Waals surface area contributed by atoms with Crippen molar-refractivity contribution in [3.8, 4) is 5.75 Å². The van der Waals surface area contributed by atoms with E-state index in [0.717, 1.165) is 44.9 Å². The highest BCUT2D eigenvalue weighted by atomic mass is 16.5. The van der Waals surface area contributed by atoms with Crippen molar-refractivity contribution in [2.45, 2.75) is 79.1 Å². The number of aromatic hydroxyl groups is 1. The summed E-state index contributed by atoms with van der Waals surface area (Å²) in [5.41, 5.74) is 4.78. The van der Waals surface area contributed by atoms with E-state index in [0.29, 0.717) is 12.0 Å². The standard InChI is InChI=1S/C28H40O5/c1-20(9-6-10-21(2)13-8-14-23(4)28(32)33-5)11-7-12-22(3)15-16-24-19-25(27(30)31)17-18-26(24)29/h10-11,15,17-19,23,29H,6-9,12-14,16H2,1-5H3,(H,30,31)/b20-11+,21-10+,22-15+. The molecule has 1 rings (SSSR count). The Morgan fingerprint density at radius 1 is 0.970 bits per heavy atom. The van der Waals surface area contributed by atoms with Gasteiger partial charge in [-0.15, -0.1) is 0 Å². The summed E-state index contributed by atoms with van der Waals surface area (Å²) >= 11 is 0. The lowest BCUT2D eigenvalue weighted by Crippen LogP contribution is -2.12. The van der Waals surface area contributed by atoms with Crippen LogP contribution in [0.1, 0.15) is 88.6 Å². The van der Waals surface area contributed by atoms with Crippen molar-refractivity contribution >= 4 is 11.9 Å². The number of phenolic OH excluding ortho intramolecular Hbond substituents is 1. The van der Waals surface area contributed by atoms with Gasteiger partial charge in [0.25, 0.3) is 0 Å². The van der Waals surface area contributed by atoms with E-state index in [2.05, 4.69) is 39.0 Å². The number of hydrogen-bond donors (Lipinski definition) is 2. The molecule has 0 bridgehead atoms. The Hall–Kier alpha value is -2.82. The molecule has 0 amide bonds. The van der Waals surface area contributed by atoms with Crippen molar-refractivity contribution < 1.29 is 24.5 Å². The van der Waals surface area contributed by atoms with Gasteiger partial charge in [-0.3, -0.25) is 4.79 Å². The predicted molar refractivity (Wildman–Crippen MR) is 134 cm³/mol. The van der Waals surface area contributed by atoms with Gasteiger partial charge in [0.15, 0.2) is 0 Å². The third kappa shape index (κ3) is 11.6. The van der Waals surface area contributed by atoms with E-state index in [1.807, 2.05) is 6.92 Å². The molecule has 33 heavy (non-hydrogen) atoms. The number of rotatable bonds is 14. The van der Waals surface area contributed by atoms with Crippen LogP contribution in [-0.2, 0) is 16.0 Å². The molecule has 0 saturated carbocycles. The molecule has 0 aliphatic heterocycles. The second-order valence-corrected chi connectivity index (χ2v) is 8.90. The van der Waals surface area contributed by atoms with Gasteiger partial charge in [0.2, 0.25) is 0 Å². The highest BCUT2D eigenvalue weighted by Crippen LogP contribution is 2.21. The van der Waals surface area contributed by atoms with Crippen LogP contribution in [0.3, 0.4) is 0 Å². The number of ether oxygens (including phenoxy) is 1. The van der Waals surface area contributed by atoms with Crippen LogP contribution in [0.25, 0.3) is 0 Å². The van der Waals surface area contributed by atoms with Crippen molar-refractivity contribution in [1.82, 2.24) is 0 Å². The van der Waals surface area contributed by atoms with Crippen LogP contribution < -0.4 is 0 Å². The Bertz CT molecular complexity index is 876. The molecular formula is C28H40O5. The maximum absolute atomic E-state index is 11.4. The van der Waals surface area contributed by atoms with Gasteiger partial charge < -0.3 is 14.9 Å². The molecule has 0 radical (unpaired) electrons. The zero-order valence-electron chi connectivity index (χ0n) is 20.8. The number of carboxylic acids is 1. The molecule has 2 N–H and O–H groups in total. The first kappa shape index (κ1) is 28.2. The molecule has 5 heteroatoms. The summed E-state index contributed by atoms with van der Waals surface area (Å²) in [6.07, 6.45) is 14.0. The molecule has 182 valence electrons. The molecular weight excluding hydrogens is 416 g/mol. The zero-order chi connectivity index (χ0) is 24.8. The number of carbonyl (C=O) groups excluding carboxylic acids is 1. The zero-order valence-corrected chi connectivity index (χ0v) is 20.8. The van der Waals surface area contributed by atoms with Gasteiger partial charge >= 0.3 is 11.9 Å². The van der Waals surface area contributed by atoms with Crippen molar-refractivity contribution in [1.29, 1.82) is 0 Å². The monoisotopic (exact) mass is 456 g/mol. The lowest BCUT2D eigenvalue weighted by molar-refractivity contribution is -0.145. The molecule has 1 unspecified atom stereocenters. The normalized spacial score (nSPS) is 13.7. The number of esters is 1. The minimum Gasteiger partial charge on any atom is -0.508 e. The largest absolute Gasteiger partial charge is 0.508 e. The average Bonchev–Trinajstić information content (AvgIpc) is 2.77. The summed E-state index contributed by atoms with van der Waals surface area (Å²) < 4.78 is 4.77. The van der Waals surface area contributed by atoms with Crippen molar-refractivity contribution in [3.05, 3.63) is 64.3 Å². The summed E-state index contributed by atoms with van der Waals surface area (Å²) in [5, 5.41) is 19.0. The molecule has 0 spiro atoms. The first-order valence-corrected chi connectivity index (χ1v) is 11.7. The third-order valence-electron chi connectivity index (χ3n) is 5.87. The molecule has 0 saturated heterocycles. The number of methoxy groups -OCH3 is 1. The fraction of sp³-hybridized carbons (Fsp3) is 0.500. The lowest BCUT2D eigenvalue weighted by Gasteiger charge is -2.08. The van der Waals surface area contributed by atoms with Crippen molar-refractivity contribution in [3.63, 3.8) is 0 Å². The maximum Gasteiger partial charge on any atom is 0.335 e. The van der Waals surface area contributed by atoms with Crippen LogP contribution in [0.5, 0.6) is 5.75 Å². The molecule has 0 fully saturated rings. The molecule has 1 aromatic rings. The van der Waals surface area contributed by atoms with Crippen LogP contribution in [-0.4, -0.2) is 29.3 Å². The van der Waals surface area contributed by atoms with Crippen LogP contribution in [0, 0.1) is 5.92 Å². The van der Waals surface area contributed by atoms with E-state index in [-0.39, 0.29) is 23.2 Å². The van der Waals surface area contributed by atoms with Crippen LogP contribution >= 0.6 is 0 Å². The number of carboxylic acid groups (broad SMARTS) is 1. The highest BCUT2D eigenvalue weighted by Gasteiger charge is 2.12. The van der Waals surface area contributed by atoms with E-state index < -0.39 is 5.97 Å². The van der Waals surface area contributed by atoms with Gasteiger partial charge in [-0.1, -0.05) is 41.9 Å². The fourth-order valence-electron chi connectivity index (χ4n) is 3.57. The summed E-state index contributed by atoms with van der Waals surface area (Å²) in [5.74, 6) is -1.03. The quantitative estimate of drug-likeness (QED) is 0.232. The first-order chi connectivity index (χ1) is 15.6. The second kappa shape index (κ2) is 15.1. The van der Waals surface area contributed by atoms with E-state index in [4.69, 9.17) is 9.84 Å². The number of phenols is 1. The molecule has 0 aliphatic carbocycles. The number of benzene rings is 1. The number of hydrogen-bond acceptors (Lipinski definition) is 4. The van der Waals surface area contributed by atoms with Crippen molar-refractivity contribution in [2.75, 3.05) is 7.11 Å². The molecule has 0 heterocycles. The smallest absolute Gasteiger partial charge is 0.335 e. The Labute approximate surface area is 198 Å². The highest BCUT2D eigenvalue weighted by molar-refractivity contribution is 5.88. The molecule has 0 aliphatic rings. The van der Waals surface area contributed by atoms with Gasteiger partial charge in [0.1, 0.15) is 5.75 Å². The predicted octanol–water partition coefficient (Wildman–Crippen LogP) is 7.01. The average molecular weight is 457 g/mol. The summed E-state index contributed by atoms with van der Waals surface area (Å²) in [7, 11) is 1.44. The van der Waals surface area contributed by atoms with Gasteiger partial charge in [-0.05, 0) is 95.9 Å². The SMILES string of the molecule is COC(=O)C(C)CCC/C(C)=C/CC/C(C)=C/CC/C(C)=C/Cc1cc(C(=O)O)ccc1O. The van der Waals surface area contributed by atoms with Crippen molar-refractivity contribution in [2.24, 2.45) is 5.92 Å². The molecule has 0 aromatic heterocycles. The summed E-state index contributed by atoms with van der Waals surface area (Å²) in [4.78, 5) is 22.5. The lowest BCUT2D eigenvalue weighted by atomic mass is 10.0. The van der Waals surface area contributed by atoms with Crippen LogP contribution in [0.4, 0.5) is 0 Å². The Morgan fingerprint density at radius 3 is 2.12 bits per heavy atom. The van der Waals surface area contributed by atoms with Crippen LogP contribution in [0.15, 0.2) is 53.1 Å². The topological polar surface area (TPSA) is 83.8 Å². The summed E-state index contributed by atoms with van der Waals surface area (Å²) in [6, 6.07) is 4.38. The van der Waals surface area contributed by atoms with Gasteiger partial charge in [-0.2, -0.15) is 0 Å². The maximum atomic E-state index is 11.4. The minimum absolute atomic E-state index is 0.0360. The molecule has 1 aromatic carbocycles. The van der Waals surface area contributed by atoms with E-state index in [9.17, 15) is 14.7 Å². The van der Waals surface area contributed by atoms with Gasteiger partial charge in [0.05, 0.1) is 18.6 Å². The Morgan fingerprint density at radius 2 is 1.55 bits per heavy atom. The molecule has 1 atom stereocenters. The number of allylic oxidation sites excluding steroid dienone is 6. The van der Waals surface area contributed by atoms with Crippen LogP contribution in [0.2, 0.25) is 0 Å². The fourth-order valence-corrected chi connectivity index (χ4v) is 3.57. The van der Waals surface area contributed by atoms with E-state index >= 15 is 0 Å². The van der Waals surface area contributed by atoms with E-state index in [1.54, 1.807) is 0 Å². The molecule has 5 nitrogen and oxygen atoms in total. The first-order valence-electron chi connectivity index (χ1n) is 11.7. The summed E-state index contributed by atoms with van der Waals surface area (Å²) in [6.45, 7) is 8.29. The van der Waals surface area contributed by atoms with Gasteiger partial charge in [-0.25, -0.2) is 4.79 Å². The Kier molecular flexibility index (Phi) is 12.9. The third-order valence-corrected chi connectivity index (χ3v) is 5.87. The van der Waals surface area contributed by atoms with E-state index in [1.165, 1.54) is 42.0 Å². The second-order valence-electron chi connectivity index (χ2n) is 8.90. The number of aromatic carboxylic acids is 1. The van der Waals surface area contributed by atoms with Gasteiger partial charge in [0, 0.05) is 0 Å². The number of carbonyl (C=O) groups is 2.